The van der Waals surface area contributed by atoms with Gasteiger partial charge in [-0.25, -0.2) is 5.01 Å². The van der Waals surface area contributed by atoms with Crippen LogP contribution in [-0.4, -0.2) is 22.7 Å². The number of hydrogen-bond donors (Lipinski definition) is 0. The van der Waals surface area contributed by atoms with Crippen molar-refractivity contribution < 1.29 is 4.79 Å². The predicted octanol–water partition coefficient (Wildman–Crippen LogP) is 1.78. The number of amides is 1. The third-order valence-electron chi connectivity index (χ3n) is 2.66. The van der Waals surface area contributed by atoms with Gasteiger partial charge in [0.2, 0.25) is 6.41 Å². The molecule has 0 fully saturated rings. The maximum absolute atomic E-state index is 10.7. The van der Waals surface area contributed by atoms with Crippen LogP contribution in [0.4, 0.5) is 0 Å². The molecule has 1 rings (SSSR count). The topological polar surface area (TPSA) is 32.7 Å². The minimum Gasteiger partial charge on any atom is -0.277 e. The Bertz CT molecular complexity index is 213. The predicted molar refractivity (Wildman–Crippen MR) is 48.9 cm³/mol. The van der Waals surface area contributed by atoms with Gasteiger partial charge in [0, 0.05) is 12.1 Å². The highest BCUT2D eigenvalue weighted by Crippen LogP contribution is 2.29. The van der Waals surface area contributed by atoms with Crippen LogP contribution in [0.1, 0.15) is 40.0 Å². The summed E-state index contributed by atoms with van der Waals surface area (Å²) in [5.41, 5.74) is 1.07. The van der Waals surface area contributed by atoms with Crippen LogP contribution in [0.5, 0.6) is 0 Å². The van der Waals surface area contributed by atoms with Crippen molar-refractivity contribution in [3.63, 3.8) is 0 Å². The maximum Gasteiger partial charge on any atom is 0.230 e. The molecule has 1 aliphatic heterocycles. The molecule has 0 bridgehead atoms. The summed E-state index contributed by atoms with van der Waals surface area (Å²) >= 11 is 0. The highest BCUT2D eigenvalue weighted by atomic mass is 16.1. The zero-order valence-electron chi connectivity index (χ0n) is 8.00. The van der Waals surface area contributed by atoms with Crippen LogP contribution >= 0.6 is 0 Å². The van der Waals surface area contributed by atoms with Crippen molar-refractivity contribution in [3.8, 4) is 0 Å². The van der Waals surface area contributed by atoms with Gasteiger partial charge in [0.25, 0.3) is 0 Å². The van der Waals surface area contributed by atoms with Gasteiger partial charge in [-0.05, 0) is 19.8 Å². The lowest BCUT2D eigenvalue weighted by atomic mass is 9.92. The van der Waals surface area contributed by atoms with Crippen LogP contribution in [0.3, 0.4) is 0 Å². The number of hydrogen-bond acceptors (Lipinski definition) is 2. The number of rotatable bonds is 3. The summed E-state index contributed by atoms with van der Waals surface area (Å²) in [5, 5.41) is 5.79. The molecule has 0 saturated heterocycles. The SMILES string of the molecule is CCC1=NN(C=O)C(C)(CC)C1. The average Bonchev–Trinajstić information content (AvgIpc) is 2.43. The maximum atomic E-state index is 10.7. The van der Waals surface area contributed by atoms with Gasteiger partial charge in [-0.15, -0.1) is 0 Å². The highest BCUT2D eigenvalue weighted by molar-refractivity contribution is 5.87. The molecule has 0 N–H and O–H groups in total. The number of hydrazone groups is 1. The van der Waals surface area contributed by atoms with Gasteiger partial charge < -0.3 is 0 Å². The summed E-state index contributed by atoms with van der Waals surface area (Å²) in [6, 6.07) is 0. The van der Waals surface area contributed by atoms with Crippen LogP contribution in [0.2, 0.25) is 0 Å². The molecule has 0 aromatic heterocycles. The molecule has 3 nitrogen and oxygen atoms in total. The molecule has 0 spiro atoms. The third-order valence-corrected chi connectivity index (χ3v) is 2.66. The summed E-state index contributed by atoms with van der Waals surface area (Å²) in [6.45, 7) is 6.24. The zero-order chi connectivity index (χ0) is 9.19. The quantitative estimate of drug-likeness (QED) is 0.591. The molecule has 12 heavy (non-hydrogen) atoms. The molecule has 0 aromatic rings. The number of nitrogens with zero attached hydrogens (tertiary/aromatic N) is 2. The lowest BCUT2D eigenvalue weighted by Crippen LogP contribution is -2.38. The van der Waals surface area contributed by atoms with E-state index in [-0.39, 0.29) is 5.54 Å². The molecule has 0 radical (unpaired) electrons. The van der Waals surface area contributed by atoms with E-state index in [4.69, 9.17) is 0 Å². The van der Waals surface area contributed by atoms with Gasteiger partial charge in [-0.2, -0.15) is 5.10 Å². The standard InChI is InChI=1S/C9H16N2O/c1-4-8-6-9(3,5-2)11(7-12)10-8/h7H,4-6H2,1-3H3. The first-order chi connectivity index (χ1) is 5.66. The first-order valence-corrected chi connectivity index (χ1v) is 4.47. The molecular weight excluding hydrogens is 152 g/mol. The van der Waals surface area contributed by atoms with Gasteiger partial charge >= 0.3 is 0 Å². The van der Waals surface area contributed by atoms with Gasteiger partial charge in [0.05, 0.1) is 5.54 Å². The molecule has 0 saturated carbocycles. The van der Waals surface area contributed by atoms with Crippen molar-refractivity contribution in [3.05, 3.63) is 0 Å². The largest absolute Gasteiger partial charge is 0.277 e. The van der Waals surface area contributed by atoms with Crippen molar-refractivity contribution in [2.45, 2.75) is 45.6 Å². The highest BCUT2D eigenvalue weighted by Gasteiger charge is 2.35. The minimum atomic E-state index is -0.0624. The van der Waals surface area contributed by atoms with E-state index in [1.807, 2.05) is 0 Å². The Morgan fingerprint density at radius 2 is 2.33 bits per heavy atom. The molecule has 1 unspecified atom stereocenters. The Hall–Kier alpha value is -0.860. The normalized spacial score (nSPS) is 28.9. The fraction of sp³-hybridized carbons (Fsp3) is 0.778. The molecule has 1 heterocycles. The molecule has 1 aliphatic rings. The van der Waals surface area contributed by atoms with Crippen molar-refractivity contribution in [1.29, 1.82) is 0 Å². The lowest BCUT2D eigenvalue weighted by molar-refractivity contribution is -0.122. The van der Waals surface area contributed by atoms with E-state index in [0.717, 1.165) is 31.4 Å². The van der Waals surface area contributed by atoms with Crippen LogP contribution in [0.15, 0.2) is 5.10 Å². The molecule has 0 aromatic carbocycles. The smallest absolute Gasteiger partial charge is 0.230 e. The Morgan fingerprint density at radius 1 is 1.67 bits per heavy atom. The minimum absolute atomic E-state index is 0.0624. The summed E-state index contributed by atoms with van der Waals surface area (Å²) in [4.78, 5) is 10.7. The van der Waals surface area contributed by atoms with Gasteiger partial charge in [-0.3, -0.25) is 4.79 Å². The van der Waals surface area contributed by atoms with Crippen molar-refractivity contribution >= 4 is 12.1 Å². The Morgan fingerprint density at radius 3 is 2.67 bits per heavy atom. The van der Waals surface area contributed by atoms with Crippen molar-refractivity contribution in [2.75, 3.05) is 0 Å². The van der Waals surface area contributed by atoms with Gasteiger partial charge in [-0.1, -0.05) is 13.8 Å². The van der Waals surface area contributed by atoms with E-state index in [2.05, 4.69) is 25.9 Å². The average molecular weight is 168 g/mol. The van der Waals surface area contributed by atoms with Crippen LogP contribution in [0, 0.1) is 0 Å². The van der Waals surface area contributed by atoms with E-state index < -0.39 is 0 Å². The van der Waals surface area contributed by atoms with Crippen molar-refractivity contribution in [2.24, 2.45) is 5.10 Å². The van der Waals surface area contributed by atoms with E-state index >= 15 is 0 Å². The molecule has 1 amide bonds. The third kappa shape index (κ3) is 1.36. The molecule has 3 heteroatoms. The van der Waals surface area contributed by atoms with E-state index in [0.29, 0.717) is 0 Å². The molecule has 68 valence electrons. The number of carbonyl (C=O) groups is 1. The fourth-order valence-electron chi connectivity index (χ4n) is 1.46. The summed E-state index contributed by atoms with van der Waals surface area (Å²) < 4.78 is 0. The van der Waals surface area contributed by atoms with E-state index in [9.17, 15) is 4.79 Å². The summed E-state index contributed by atoms with van der Waals surface area (Å²) in [5.74, 6) is 0. The second-order valence-electron chi connectivity index (χ2n) is 3.50. The van der Waals surface area contributed by atoms with E-state index in [1.165, 1.54) is 0 Å². The molecule has 1 atom stereocenters. The first kappa shape index (κ1) is 9.23. The van der Waals surface area contributed by atoms with Crippen LogP contribution in [-0.2, 0) is 4.79 Å². The lowest BCUT2D eigenvalue weighted by Gasteiger charge is -2.28. The number of carbonyl (C=O) groups excluding carboxylic acids is 1. The molecule has 0 aliphatic carbocycles. The van der Waals surface area contributed by atoms with Gasteiger partial charge in [0.1, 0.15) is 0 Å². The van der Waals surface area contributed by atoms with Crippen molar-refractivity contribution in [1.82, 2.24) is 5.01 Å². The Kier molecular flexibility index (Phi) is 2.50. The fourth-order valence-corrected chi connectivity index (χ4v) is 1.46. The monoisotopic (exact) mass is 168 g/mol. The molecular formula is C9H16N2O. The first-order valence-electron chi connectivity index (χ1n) is 4.47. The Labute approximate surface area is 73.4 Å². The van der Waals surface area contributed by atoms with E-state index in [1.54, 1.807) is 5.01 Å². The van der Waals surface area contributed by atoms with Crippen LogP contribution < -0.4 is 0 Å². The second-order valence-corrected chi connectivity index (χ2v) is 3.50. The summed E-state index contributed by atoms with van der Waals surface area (Å²) in [7, 11) is 0. The summed E-state index contributed by atoms with van der Waals surface area (Å²) in [6.07, 6.45) is 3.66. The second kappa shape index (κ2) is 3.25. The van der Waals surface area contributed by atoms with Crippen LogP contribution in [0.25, 0.3) is 0 Å². The van der Waals surface area contributed by atoms with Gasteiger partial charge in [0.15, 0.2) is 0 Å². The Balaban J connectivity index is 2.79. The zero-order valence-corrected chi connectivity index (χ0v) is 8.00.